The van der Waals surface area contributed by atoms with Gasteiger partial charge in [0.25, 0.3) is 5.91 Å². The van der Waals surface area contributed by atoms with Gasteiger partial charge < -0.3 is 15.1 Å². The lowest BCUT2D eigenvalue weighted by molar-refractivity contribution is 0.102. The number of hydrogen-bond acceptors (Lipinski definition) is 5. The average molecular weight is 339 g/mol. The van der Waals surface area contributed by atoms with Crippen LogP contribution in [0.25, 0.3) is 0 Å². The number of hydrogen-bond donors (Lipinski definition) is 1. The SMILES string of the molecule is CCN1CCN(c2ncc(C(=O)Nc3cccc(C)c3C)cn2)CC1. The van der Waals surface area contributed by atoms with Crippen molar-refractivity contribution in [3.8, 4) is 0 Å². The van der Waals surface area contributed by atoms with Crippen LogP contribution in [0.1, 0.15) is 28.4 Å². The van der Waals surface area contributed by atoms with Crippen molar-refractivity contribution in [3.63, 3.8) is 0 Å². The van der Waals surface area contributed by atoms with Crippen LogP contribution in [0, 0.1) is 13.8 Å². The molecule has 25 heavy (non-hydrogen) atoms. The van der Waals surface area contributed by atoms with Gasteiger partial charge in [0, 0.05) is 44.3 Å². The normalized spacial score (nSPS) is 15.2. The van der Waals surface area contributed by atoms with Crippen molar-refractivity contribution in [2.24, 2.45) is 0 Å². The fourth-order valence-electron chi connectivity index (χ4n) is 2.95. The number of carbonyl (C=O) groups is 1. The lowest BCUT2D eigenvalue weighted by Gasteiger charge is -2.33. The van der Waals surface area contributed by atoms with Crippen LogP contribution < -0.4 is 10.2 Å². The standard InChI is InChI=1S/C19H25N5O/c1-4-23-8-10-24(11-9-23)19-20-12-16(13-21-19)18(25)22-17-7-5-6-14(2)15(17)3/h5-7,12-13H,4,8-11H2,1-3H3,(H,22,25). The number of aryl methyl sites for hydroxylation is 1. The summed E-state index contributed by atoms with van der Waals surface area (Å²) in [6, 6.07) is 5.87. The van der Waals surface area contributed by atoms with Crippen LogP contribution in [0.15, 0.2) is 30.6 Å². The fourth-order valence-corrected chi connectivity index (χ4v) is 2.95. The van der Waals surface area contributed by atoms with E-state index >= 15 is 0 Å². The first-order valence-corrected chi connectivity index (χ1v) is 8.75. The summed E-state index contributed by atoms with van der Waals surface area (Å²) >= 11 is 0. The maximum atomic E-state index is 12.4. The van der Waals surface area contributed by atoms with E-state index in [1.54, 1.807) is 12.4 Å². The summed E-state index contributed by atoms with van der Waals surface area (Å²) in [7, 11) is 0. The molecular formula is C19H25N5O. The third-order valence-electron chi connectivity index (χ3n) is 4.86. The second-order valence-electron chi connectivity index (χ2n) is 6.39. The van der Waals surface area contributed by atoms with Crippen molar-refractivity contribution in [3.05, 3.63) is 47.3 Å². The van der Waals surface area contributed by atoms with Crippen LogP contribution in [0.2, 0.25) is 0 Å². The summed E-state index contributed by atoms with van der Waals surface area (Å²) in [5.74, 6) is 0.509. The molecule has 1 aromatic heterocycles. The van der Waals surface area contributed by atoms with Crippen LogP contribution >= 0.6 is 0 Å². The van der Waals surface area contributed by atoms with Gasteiger partial charge in [-0.1, -0.05) is 19.1 Å². The smallest absolute Gasteiger partial charge is 0.258 e. The molecule has 1 saturated heterocycles. The Morgan fingerprint density at radius 1 is 1.12 bits per heavy atom. The van der Waals surface area contributed by atoms with Crippen LogP contribution in [-0.2, 0) is 0 Å². The number of carbonyl (C=O) groups excluding carboxylic acids is 1. The summed E-state index contributed by atoms with van der Waals surface area (Å²) in [4.78, 5) is 25.8. The highest BCUT2D eigenvalue weighted by atomic mass is 16.1. The Morgan fingerprint density at radius 2 is 1.80 bits per heavy atom. The van der Waals surface area contributed by atoms with E-state index in [9.17, 15) is 4.79 Å². The fraction of sp³-hybridized carbons (Fsp3) is 0.421. The van der Waals surface area contributed by atoms with Crippen molar-refractivity contribution in [1.29, 1.82) is 0 Å². The number of rotatable bonds is 4. The topological polar surface area (TPSA) is 61.4 Å². The van der Waals surface area contributed by atoms with Gasteiger partial charge in [-0.15, -0.1) is 0 Å². The van der Waals surface area contributed by atoms with Crippen LogP contribution in [0.3, 0.4) is 0 Å². The number of piperazine rings is 1. The van der Waals surface area contributed by atoms with E-state index in [-0.39, 0.29) is 5.91 Å². The van der Waals surface area contributed by atoms with Gasteiger partial charge in [0.1, 0.15) is 0 Å². The quantitative estimate of drug-likeness (QED) is 0.927. The zero-order valence-electron chi connectivity index (χ0n) is 15.1. The summed E-state index contributed by atoms with van der Waals surface area (Å²) in [5.41, 5.74) is 3.51. The minimum Gasteiger partial charge on any atom is -0.338 e. The Labute approximate surface area is 148 Å². The maximum absolute atomic E-state index is 12.4. The number of anilines is 2. The van der Waals surface area contributed by atoms with Gasteiger partial charge >= 0.3 is 0 Å². The molecule has 0 radical (unpaired) electrons. The predicted octanol–water partition coefficient (Wildman–Crippen LogP) is 2.49. The van der Waals surface area contributed by atoms with Crippen molar-refractivity contribution in [1.82, 2.24) is 14.9 Å². The molecule has 2 aromatic rings. The Hall–Kier alpha value is -2.47. The Bertz CT molecular complexity index is 736. The molecule has 6 heteroatoms. The van der Waals surface area contributed by atoms with Gasteiger partial charge in [0.05, 0.1) is 5.56 Å². The minimum atomic E-state index is -0.184. The van der Waals surface area contributed by atoms with E-state index in [4.69, 9.17) is 0 Å². The second-order valence-corrected chi connectivity index (χ2v) is 6.39. The van der Waals surface area contributed by atoms with Crippen molar-refractivity contribution in [2.45, 2.75) is 20.8 Å². The Kier molecular flexibility index (Phi) is 5.28. The van der Waals surface area contributed by atoms with Crippen LogP contribution in [0.4, 0.5) is 11.6 Å². The van der Waals surface area contributed by atoms with E-state index < -0.39 is 0 Å². The molecule has 3 rings (SSSR count). The van der Waals surface area contributed by atoms with Gasteiger partial charge in [-0.3, -0.25) is 4.79 Å². The van der Waals surface area contributed by atoms with E-state index in [0.29, 0.717) is 11.5 Å². The van der Waals surface area contributed by atoms with E-state index in [1.165, 1.54) is 0 Å². The Morgan fingerprint density at radius 3 is 2.44 bits per heavy atom. The third kappa shape index (κ3) is 3.96. The van der Waals surface area contributed by atoms with E-state index in [2.05, 4.69) is 32.0 Å². The van der Waals surface area contributed by atoms with Crippen molar-refractivity contribution < 1.29 is 4.79 Å². The molecule has 1 aromatic carbocycles. The molecule has 1 aliphatic rings. The highest BCUT2D eigenvalue weighted by Gasteiger charge is 2.18. The summed E-state index contributed by atoms with van der Waals surface area (Å²) in [6.07, 6.45) is 3.21. The lowest BCUT2D eigenvalue weighted by atomic mass is 10.1. The molecule has 1 fully saturated rings. The zero-order chi connectivity index (χ0) is 17.8. The van der Waals surface area contributed by atoms with Gasteiger partial charge in [-0.25, -0.2) is 9.97 Å². The molecule has 1 amide bonds. The minimum absolute atomic E-state index is 0.184. The van der Waals surface area contributed by atoms with E-state index in [0.717, 1.165) is 49.5 Å². The molecule has 0 saturated carbocycles. The van der Waals surface area contributed by atoms with Crippen molar-refractivity contribution >= 4 is 17.5 Å². The number of nitrogens with one attached hydrogen (secondary N) is 1. The van der Waals surface area contributed by atoms with Gasteiger partial charge in [0.2, 0.25) is 5.95 Å². The average Bonchev–Trinajstić information content (AvgIpc) is 2.65. The number of aromatic nitrogens is 2. The maximum Gasteiger partial charge on any atom is 0.258 e. The second kappa shape index (κ2) is 7.61. The molecule has 6 nitrogen and oxygen atoms in total. The monoisotopic (exact) mass is 339 g/mol. The molecule has 0 unspecified atom stereocenters. The lowest BCUT2D eigenvalue weighted by Crippen LogP contribution is -2.46. The first kappa shape index (κ1) is 17.4. The van der Waals surface area contributed by atoms with Gasteiger partial charge in [0.15, 0.2) is 0 Å². The van der Waals surface area contributed by atoms with Crippen molar-refractivity contribution in [2.75, 3.05) is 42.9 Å². The molecule has 0 atom stereocenters. The van der Waals surface area contributed by atoms with E-state index in [1.807, 2.05) is 32.0 Å². The highest BCUT2D eigenvalue weighted by Crippen LogP contribution is 2.19. The molecule has 0 bridgehead atoms. The first-order chi connectivity index (χ1) is 12.1. The Balaban J connectivity index is 1.66. The zero-order valence-corrected chi connectivity index (χ0v) is 15.1. The largest absolute Gasteiger partial charge is 0.338 e. The van der Waals surface area contributed by atoms with Gasteiger partial charge in [-0.2, -0.15) is 0 Å². The number of benzene rings is 1. The number of likely N-dealkylation sites (N-methyl/N-ethyl adjacent to an activating group) is 1. The van der Waals surface area contributed by atoms with Gasteiger partial charge in [-0.05, 0) is 37.6 Å². The van der Waals surface area contributed by atoms with Crippen LogP contribution in [0.5, 0.6) is 0 Å². The molecule has 1 aliphatic heterocycles. The number of nitrogens with zero attached hydrogens (tertiary/aromatic N) is 4. The molecule has 0 spiro atoms. The molecule has 132 valence electrons. The summed E-state index contributed by atoms with van der Waals surface area (Å²) in [6.45, 7) is 11.2. The highest BCUT2D eigenvalue weighted by molar-refractivity contribution is 6.04. The molecule has 2 heterocycles. The van der Waals surface area contributed by atoms with Crippen LogP contribution in [-0.4, -0.2) is 53.5 Å². The first-order valence-electron chi connectivity index (χ1n) is 8.75. The third-order valence-corrected chi connectivity index (χ3v) is 4.86. The molecule has 1 N–H and O–H groups in total. The summed E-state index contributed by atoms with van der Waals surface area (Å²) in [5, 5.41) is 2.94. The molecule has 0 aliphatic carbocycles. The number of amides is 1. The molecular weight excluding hydrogens is 314 g/mol. The predicted molar refractivity (Wildman–Crippen MR) is 100 cm³/mol. The summed E-state index contributed by atoms with van der Waals surface area (Å²) < 4.78 is 0.